The number of unbranched alkanes of at least 4 members (excludes halogenated alkanes) is 1. The van der Waals surface area contributed by atoms with E-state index in [4.69, 9.17) is 9.84 Å². The minimum Gasteiger partial charge on any atom is -0.494 e. The molecular formula is C12H14F4O2. The number of ether oxygens (including phenoxy) is 1. The summed E-state index contributed by atoms with van der Waals surface area (Å²) >= 11 is 0. The van der Waals surface area contributed by atoms with Gasteiger partial charge in [-0.3, -0.25) is 4.39 Å². The van der Waals surface area contributed by atoms with E-state index in [1.807, 2.05) is 0 Å². The molecule has 0 aliphatic heterocycles. The van der Waals surface area contributed by atoms with Gasteiger partial charge in [0.15, 0.2) is 6.10 Å². The van der Waals surface area contributed by atoms with E-state index in [1.54, 1.807) is 0 Å². The van der Waals surface area contributed by atoms with Gasteiger partial charge in [0.1, 0.15) is 5.75 Å². The van der Waals surface area contributed by atoms with Crippen LogP contribution in [0.25, 0.3) is 0 Å². The Hall–Kier alpha value is -1.30. The number of aliphatic hydroxyl groups excluding tert-OH is 1. The average Bonchev–Trinajstić information content (AvgIpc) is 2.33. The predicted octanol–water partition coefficient (Wildman–Crippen LogP) is 3.41. The van der Waals surface area contributed by atoms with E-state index < -0.39 is 19.0 Å². The molecule has 6 heteroatoms. The van der Waals surface area contributed by atoms with E-state index in [9.17, 15) is 17.6 Å². The average molecular weight is 266 g/mol. The largest absolute Gasteiger partial charge is 0.494 e. The van der Waals surface area contributed by atoms with Crippen molar-refractivity contribution in [2.45, 2.75) is 25.1 Å². The summed E-state index contributed by atoms with van der Waals surface area (Å²) in [6.07, 6.45) is -6.23. The monoisotopic (exact) mass is 266 g/mol. The van der Waals surface area contributed by atoms with Gasteiger partial charge in [-0.05, 0) is 30.5 Å². The molecule has 0 amide bonds. The highest BCUT2D eigenvalue weighted by Gasteiger charge is 2.39. The van der Waals surface area contributed by atoms with E-state index in [2.05, 4.69) is 0 Å². The first-order chi connectivity index (χ1) is 8.45. The van der Waals surface area contributed by atoms with Crippen LogP contribution in [-0.4, -0.2) is 24.6 Å². The SMILES string of the molecule is OC(c1ccc(OCCCCF)cc1)C(F)(F)F. The Morgan fingerprint density at radius 1 is 1.11 bits per heavy atom. The summed E-state index contributed by atoms with van der Waals surface area (Å²) < 4.78 is 53.6. The van der Waals surface area contributed by atoms with Crippen LogP contribution in [0.1, 0.15) is 24.5 Å². The second kappa shape index (κ2) is 6.58. The molecule has 1 aromatic rings. The van der Waals surface area contributed by atoms with Gasteiger partial charge in [-0.1, -0.05) is 12.1 Å². The molecule has 0 bridgehead atoms. The second-order valence-electron chi connectivity index (χ2n) is 3.76. The van der Waals surface area contributed by atoms with Gasteiger partial charge in [0, 0.05) is 0 Å². The molecule has 0 aromatic heterocycles. The maximum absolute atomic E-state index is 12.2. The van der Waals surface area contributed by atoms with Crippen molar-refractivity contribution in [3.05, 3.63) is 29.8 Å². The van der Waals surface area contributed by atoms with Crippen molar-refractivity contribution in [3.8, 4) is 5.75 Å². The highest BCUT2D eigenvalue weighted by atomic mass is 19.4. The van der Waals surface area contributed by atoms with E-state index in [0.717, 1.165) is 12.1 Å². The minimum atomic E-state index is -4.68. The van der Waals surface area contributed by atoms with Gasteiger partial charge in [0.05, 0.1) is 13.3 Å². The quantitative estimate of drug-likeness (QED) is 0.631. The lowest BCUT2D eigenvalue weighted by molar-refractivity contribution is -0.206. The van der Waals surface area contributed by atoms with Gasteiger partial charge >= 0.3 is 6.18 Å². The van der Waals surface area contributed by atoms with Crippen molar-refractivity contribution in [2.75, 3.05) is 13.3 Å². The van der Waals surface area contributed by atoms with Gasteiger partial charge in [-0.25, -0.2) is 0 Å². The lowest BCUT2D eigenvalue weighted by atomic mass is 10.1. The van der Waals surface area contributed by atoms with E-state index >= 15 is 0 Å². The first-order valence-corrected chi connectivity index (χ1v) is 5.48. The van der Waals surface area contributed by atoms with E-state index in [1.165, 1.54) is 12.1 Å². The molecular weight excluding hydrogens is 252 g/mol. The topological polar surface area (TPSA) is 29.5 Å². The summed E-state index contributed by atoms with van der Waals surface area (Å²) in [4.78, 5) is 0. The number of hydrogen-bond donors (Lipinski definition) is 1. The van der Waals surface area contributed by atoms with Crippen molar-refractivity contribution in [3.63, 3.8) is 0 Å². The summed E-state index contributed by atoms with van der Waals surface area (Å²) in [6, 6.07) is 5.00. The molecule has 0 heterocycles. The van der Waals surface area contributed by atoms with Crippen LogP contribution in [0.3, 0.4) is 0 Å². The molecule has 2 nitrogen and oxygen atoms in total. The van der Waals surface area contributed by atoms with Crippen LogP contribution in [0.2, 0.25) is 0 Å². The van der Waals surface area contributed by atoms with Crippen molar-refractivity contribution < 1.29 is 27.4 Å². The molecule has 18 heavy (non-hydrogen) atoms. The molecule has 0 fully saturated rings. The van der Waals surface area contributed by atoms with Crippen molar-refractivity contribution in [2.24, 2.45) is 0 Å². The summed E-state index contributed by atoms with van der Waals surface area (Å²) in [6.45, 7) is -0.106. The zero-order valence-corrected chi connectivity index (χ0v) is 9.58. The highest BCUT2D eigenvalue weighted by Crippen LogP contribution is 2.32. The standard InChI is InChI=1S/C12H14F4O2/c13-7-1-2-8-18-10-5-3-9(4-6-10)11(17)12(14,15)16/h3-6,11,17H,1-2,7-8H2. The molecule has 1 unspecified atom stereocenters. The Kier molecular flexibility index (Phi) is 5.40. The van der Waals surface area contributed by atoms with Crippen molar-refractivity contribution >= 4 is 0 Å². The summed E-state index contributed by atoms with van der Waals surface area (Å²) in [5.41, 5.74) is -0.237. The molecule has 0 spiro atoms. The smallest absolute Gasteiger partial charge is 0.418 e. The van der Waals surface area contributed by atoms with Crippen LogP contribution in [0.15, 0.2) is 24.3 Å². The number of rotatable bonds is 6. The molecule has 0 aliphatic carbocycles. The zero-order valence-electron chi connectivity index (χ0n) is 9.58. The first-order valence-electron chi connectivity index (χ1n) is 5.48. The molecule has 1 aromatic carbocycles. The van der Waals surface area contributed by atoms with Gasteiger partial charge in [0.25, 0.3) is 0 Å². The fourth-order valence-corrected chi connectivity index (χ4v) is 1.32. The minimum absolute atomic E-state index is 0.237. The fourth-order valence-electron chi connectivity index (χ4n) is 1.32. The molecule has 1 N–H and O–H groups in total. The number of alkyl halides is 4. The lowest BCUT2D eigenvalue weighted by Crippen LogP contribution is -2.20. The summed E-state index contributed by atoms with van der Waals surface area (Å²) in [5, 5.41) is 8.99. The summed E-state index contributed by atoms with van der Waals surface area (Å²) in [7, 11) is 0. The number of aliphatic hydroxyl groups is 1. The Labute approximate surface area is 102 Å². The lowest BCUT2D eigenvalue weighted by Gasteiger charge is -2.15. The van der Waals surface area contributed by atoms with E-state index in [0.29, 0.717) is 25.2 Å². The maximum Gasteiger partial charge on any atom is 0.418 e. The first kappa shape index (κ1) is 14.8. The Morgan fingerprint density at radius 3 is 2.22 bits per heavy atom. The molecule has 102 valence electrons. The molecule has 0 saturated carbocycles. The fraction of sp³-hybridized carbons (Fsp3) is 0.500. The highest BCUT2D eigenvalue weighted by molar-refractivity contribution is 5.29. The van der Waals surface area contributed by atoms with Crippen molar-refractivity contribution in [1.82, 2.24) is 0 Å². The van der Waals surface area contributed by atoms with Crippen LogP contribution in [0.4, 0.5) is 17.6 Å². The number of hydrogen-bond acceptors (Lipinski definition) is 2. The molecule has 1 atom stereocenters. The van der Waals surface area contributed by atoms with E-state index in [-0.39, 0.29) is 5.56 Å². The normalized spacial score (nSPS) is 13.4. The van der Waals surface area contributed by atoms with Crippen LogP contribution in [-0.2, 0) is 0 Å². The zero-order chi connectivity index (χ0) is 13.6. The van der Waals surface area contributed by atoms with Gasteiger partial charge in [0.2, 0.25) is 0 Å². The molecule has 0 aliphatic rings. The van der Waals surface area contributed by atoms with Gasteiger partial charge in [-0.2, -0.15) is 13.2 Å². The number of halogens is 4. The number of benzene rings is 1. The third-order valence-corrected chi connectivity index (χ3v) is 2.30. The van der Waals surface area contributed by atoms with Crippen molar-refractivity contribution in [1.29, 1.82) is 0 Å². The van der Waals surface area contributed by atoms with Gasteiger partial charge in [-0.15, -0.1) is 0 Å². The Morgan fingerprint density at radius 2 is 1.72 bits per heavy atom. The van der Waals surface area contributed by atoms with Gasteiger partial charge < -0.3 is 9.84 Å². The van der Waals surface area contributed by atoms with Crippen LogP contribution >= 0.6 is 0 Å². The Bertz CT molecular complexity index is 348. The maximum atomic E-state index is 12.2. The summed E-state index contributed by atoms with van der Waals surface area (Å²) in [5.74, 6) is 0.395. The molecule has 1 rings (SSSR count). The molecule has 0 radical (unpaired) electrons. The Balaban J connectivity index is 2.52. The van der Waals surface area contributed by atoms with Crippen LogP contribution in [0.5, 0.6) is 5.75 Å². The van der Waals surface area contributed by atoms with Crippen LogP contribution < -0.4 is 4.74 Å². The third-order valence-electron chi connectivity index (χ3n) is 2.30. The molecule has 0 saturated heterocycles. The second-order valence-corrected chi connectivity index (χ2v) is 3.76. The van der Waals surface area contributed by atoms with Crippen LogP contribution in [0, 0.1) is 0 Å². The third kappa shape index (κ3) is 4.52. The predicted molar refractivity (Wildman–Crippen MR) is 58.2 cm³/mol.